The summed E-state index contributed by atoms with van der Waals surface area (Å²) in [6.45, 7) is 3.22. The zero-order valence-electron chi connectivity index (χ0n) is 19.9. The Kier molecular flexibility index (Phi) is 6.65. The van der Waals surface area contributed by atoms with Gasteiger partial charge >= 0.3 is 0 Å². The molecule has 37 heavy (non-hydrogen) atoms. The molecule has 1 aromatic carbocycles. The van der Waals surface area contributed by atoms with Gasteiger partial charge in [0.2, 0.25) is 5.91 Å². The Balaban J connectivity index is 1.42. The van der Waals surface area contributed by atoms with E-state index in [2.05, 4.69) is 26.0 Å². The summed E-state index contributed by atoms with van der Waals surface area (Å²) in [6, 6.07) is 5.68. The first-order chi connectivity index (χ1) is 17.8. The molecule has 0 bridgehead atoms. The molecule has 4 heterocycles. The predicted octanol–water partition coefficient (Wildman–Crippen LogP) is 3.20. The highest BCUT2D eigenvalue weighted by Crippen LogP contribution is 2.44. The highest BCUT2D eigenvalue weighted by atomic mass is 35.5. The topological polar surface area (TPSA) is 127 Å². The minimum atomic E-state index is -1.27. The Morgan fingerprint density at radius 2 is 2.05 bits per heavy atom. The molecule has 0 radical (unpaired) electrons. The van der Waals surface area contributed by atoms with E-state index in [1.807, 2.05) is 6.92 Å². The number of carbonyl (C=O) groups excluding carboxylic acids is 3. The van der Waals surface area contributed by atoms with Crippen LogP contribution in [0.4, 0.5) is 15.9 Å². The summed E-state index contributed by atoms with van der Waals surface area (Å²) in [5.74, 6) is -1.91. The normalized spacial score (nSPS) is 16.7. The number of amides is 3. The summed E-state index contributed by atoms with van der Waals surface area (Å²) in [4.78, 5) is 43.5. The van der Waals surface area contributed by atoms with Crippen molar-refractivity contribution in [1.82, 2.24) is 20.1 Å². The van der Waals surface area contributed by atoms with E-state index in [-0.39, 0.29) is 28.0 Å². The maximum atomic E-state index is 14.3. The molecule has 3 aromatic rings. The van der Waals surface area contributed by atoms with Crippen LogP contribution in [-0.2, 0) is 26.3 Å². The van der Waals surface area contributed by atoms with Gasteiger partial charge in [0, 0.05) is 43.8 Å². The quantitative estimate of drug-likeness (QED) is 0.452. The van der Waals surface area contributed by atoms with Crippen LogP contribution in [-0.4, -0.2) is 45.7 Å². The number of aromatic nitrogens is 3. The first kappa shape index (κ1) is 24.8. The number of ether oxygens (including phenoxy) is 1. The fourth-order valence-electron chi connectivity index (χ4n) is 4.76. The molecule has 3 N–H and O–H groups in total. The number of hydrogen-bond acceptors (Lipinski definition) is 6. The van der Waals surface area contributed by atoms with Crippen molar-refractivity contribution < 1.29 is 23.5 Å². The molecule has 192 valence electrons. The van der Waals surface area contributed by atoms with Crippen LogP contribution in [0.15, 0.2) is 42.7 Å². The van der Waals surface area contributed by atoms with Gasteiger partial charge in [-0.2, -0.15) is 5.10 Å². The third-order valence-corrected chi connectivity index (χ3v) is 7.07. The lowest BCUT2D eigenvalue weighted by molar-refractivity contribution is -0.124. The largest absolute Gasteiger partial charge is 0.381 e. The van der Waals surface area contributed by atoms with Crippen LogP contribution in [0.2, 0.25) is 5.02 Å². The van der Waals surface area contributed by atoms with Crippen LogP contribution in [0.1, 0.15) is 47.4 Å². The molecule has 3 amide bonds. The van der Waals surface area contributed by atoms with Crippen LogP contribution in [0.25, 0.3) is 0 Å². The van der Waals surface area contributed by atoms with Crippen molar-refractivity contribution in [2.24, 2.45) is 0 Å². The summed E-state index contributed by atoms with van der Waals surface area (Å²) in [5, 5.41) is 12.2. The molecule has 2 aliphatic heterocycles. The van der Waals surface area contributed by atoms with E-state index in [1.165, 1.54) is 29.1 Å². The maximum Gasteiger partial charge on any atom is 0.270 e. The zero-order chi connectivity index (χ0) is 26.2. The lowest BCUT2D eigenvalue weighted by atomic mass is 9.76. The Labute approximate surface area is 216 Å². The van der Waals surface area contributed by atoms with Crippen molar-refractivity contribution in [3.05, 3.63) is 70.4 Å². The third-order valence-electron chi connectivity index (χ3n) is 6.76. The lowest BCUT2D eigenvalue weighted by Crippen LogP contribution is -2.40. The molecule has 0 saturated carbocycles. The standard InChI is InChI=1S/C25H24ClFN6O4/c1-2-33-19(5-8-29-33)22(34)32-21(14-3-4-16(26)17(27)11-14)23(35)31-20-12-18-15(13-28-20)25(24(36)30-18)6-9-37-10-7-25/h3-5,8,11-13,21H,2,6-7,9-10H2,1H3,(H,30,36)(H,32,34)(H,28,31,35). The second-order valence-electron chi connectivity index (χ2n) is 8.87. The number of rotatable bonds is 6. The number of nitrogens with zero attached hydrogens (tertiary/aromatic N) is 3. The van der Waals surface area contributed by atoms with Crippen molar-refractivity contribution in [1.29, 1.82) is 0 Å². The average molecular weight is 527 g/mol. The number of nitrogens with one attached hydrogen (secondary N) is 3. The zero-order valence-corrected chi connectivity index (χ0v) is 20.6. The molecule has 2 aliphatic rings. The van der Waals surface area contributed by atoms with Gasteiger partial charge in [-0.25, -0.2) is 9.37 Å². The van der Waals surface area contributed by atoms with Gasteiger partial charge in [0.1, 0.15) is 23.4 Å². The predicted molar refractivity (Wildman–Crippen MR) is 133 cm³/mol. The molecule has 1 spiro atoms. The second-order valence-corrected chi connectivity index (χ2v) is 9.27. The SMILES string of the molecule is CCn1nccc1C(=O)NC(C(=O)Nc1cc2c(cn1)C1(CCOCC1)C(=O)N2)c1ccc(Cl)c(F)c1. The van der Waals surface area contributed by atoms with Crippen molar-refractivity contribution in [3.8, 4) is 0 Å². The first-order valence-electron chi connectivity index (χ1n) is 11.8. The summed E-state index contributed by atoms with van der Waals surface area (Å²) in [6.07, 6.45) is 4.14. The fourth-order valence-corrected chi connectivity index (χ4v) is 4.88. The molecule has 2 aromatic heterocycles. The van der Waals surface area contributed by atoms with Gasteiger partial charge < -0.3 is 20.7 Å². The Hall–Kier alpha value is -3.83. The van der Waals surface area contributed by atoms with Crippen molar-refractivity contribution >= 4 is 40.8 Å². The summed E-state index contributed by atoms with van der Waals surface area (Å²) < 4.78 is 21.2. The van der Waals surface area contributed by atoms with Gasteiger partial charge in [0.05, 0.1) is 16.1 Å². The smallest absolute Gasteiger partial charge is 0.270 e. The van der Waals surface area contributed by atoms with E-state index in [1.54, 1.807) is 12.3 Å². The maximum absolute atomic E-state index is 14.3. The van der Waals surface area contributed by atoms with E-state index in [4.69, 9.17) is 16.3 Å². The highest BCUT2D eigenvalue weighted by Gasteiger charge is 2.48. The monoisotopic (exact) mass is 526 g/mol. The number of anilines is 2. The minimum absolute atomic E-state index is 0.114. The van der Waals surface area contributed by atoms with Gasteiger partial charge in [-0.05, 0) is 43.5 Å². The molecule has 5 rings (SSSR count). The van der Waals surface area contributed by atoms with E-state index in [0.717, 1.165) is 11.6 Å². The van der Waals surface area contributed by atoms with Gasteiger partial charge in [0.15, 0.2) is 0 Å². The number of carbonyl (C=O) groups is 3. The molecule has 1 fully saturated rings. The molecule has 12 heteroatoms. The van der Waals surface area contributed by atoms with Gasteiger partial charge in [-0.15, -0.1) is 0 Å². The molecule has 0 aliphatic carbocycles. The highest BCUT2D eigenvalue weighted by molar-refractivity contribution is 6.30. The van der Waals surface area contributed by atoms with E-state index >= 15 is 0 Å². The first-order valence-corrected chi connectivity index (χ1v) is 12.2. The summed E-state index contributed by atoms with van der Waals surface area (Å²) in [5.41, 5.74) is 1.06. The summed E-state index contributed by atoms with van der Waals surface area (Å²) in [7, 11) is 0. The number of aryl methyl sites for hydroxylation is 1. The van der Waals surface area contributed by atoms with Crippen molar-refractivity contribution in [2.75, 3.05) is 23.8 Å². The van der Waals surface area contributed by atoms with Crippen LogP contribution in [0.5, 0.6) is 0 Å². The van der Waals surface area contributed by atoms with E-state index < -0.39 is 29.1 Å². The molecule has 1 atom stereocenters. The molecule has 1 unspecified atom stereocenters. The van der Waals surface area contributed by atoms with Crippen LogP contribution < -0.4 is 16.0 Å². The molecular weight excluding hydrogens is 503 g/mol. The van der Waals surface area contributed by atoms with Crippen LogP contribution in [0.3, 0.4) is 0 Å². The number of fused-ring (bicyclic) bond motifs is 2. The van der Waals surface area contributed by atoms with Crippen molar-refractivity contribution in [2.45, 2.75) is 37.8 Å². The number of halogens is 2. The van der Waals surface area contributed by atoms with Crippen molar-refractivity contribution in [3.63, 3.8) is 0 Å². The van der Waals surface area contributed by atoms with E-state index in [0.29, 0.717) is 38.3 Å². The summed E-state index contributed by atoms with van der Waals surface area (Å²) >= 11 is 5.82. The Bertz CT molecular complexity index is 1390. The second kappa shape index (κ2) is 9.91. The number of pyridine rings is 1. The van der Waals surface area contributed by atoms with Crippen LogP contribution in [0, 0.1) is 5.82 Å². The van der Waals surface area contributed by atoms with Crippen LogP contribution >= 0.6 is 11.6 Å². The Morgan fingerprint density at radius 3 is 2.78 bits per heavy atom. The average Bonchev–Trinajstić information content (AvgIpc) is 3.47. The van der Waals surface area contributed by atoms with Gasteiger partial charge in [-0.3, -0.25) is 19.1 Å². The molecular formula is C25H24ClFN6O4. The fraction of sp³-hybridized carbons (Fsp3) is 0.320. The lowest BCUT2D eigenvalue weighted by Gasteiger charge is -2.31. The minimum Gasteiger partial charge on any atom is -0.381 e. The number of benzene rings is 1. The van der Waals surface area contributed by atoms with Gasteiger partial charge in [0.25, 0.3) is 11.8 Å². The van der Waals surface area contributed by atoms with Gasteiger partial charge in [-0.1, -0.05) is 17.7 Å². The molecule has 10 nitrogen and oxygen atoms in total. The number of hydrogen-bond donors (Lipinski definition) is 3. The van der Waals surface area contributed by atoms with E-state index in [9.17, 15) is 18.8 Å². The third kappa shape index (κ3) is 4.56. The Morgan fingerprint density at radius 1 is 1.27 bits per heavy atom. The molecule has 1 saturated heterocycles.